The Hall–Kier alpha value is -2.68. The van der Waals surface area contributed by atoms with Crippen LogP contribution in [0.25, 0.3) is 21.3 Å². The van der Waals surface area contributed by atoms with E-state index >= 15 is 0 Å². The minimum Gasteiger partial charge on any atom is -0.489 e. The summed E-state index contributed by atoms with van der Waals surface area (Å²) in [6.07, 6.45) is 6.82. The smallest absolute Gasteiger partial charge is 0.234 e. The highest BCUT2D eigenvalue weighted by atomic mass is 35.5. The highest BCUT2D eigenvalue weighted by Crippen LogP contribution is 2.63. The van der Waals surface area contributed by atoms with E-state index in [1.165, 1.54) is 24.2 Å². The van der Waals surface area contributed by atoms with Gasteiger partial charge >= 0.3 is 0 Å². The van der Waals surface area contributed by atoms with Crippen LogP contribution in [0, 0.1) is 17.3 Å². The Morgan fingerprint density at radius 2 is 1.95 bits per heavy atom. The quantitative estimate of drug-likeness (QED) is 0.438. The molecule has 2 saturated heterocycles. The summed E-state index contributed by atoms with van der Waals surface area (Å²) >= 11 is 8.26. The van der Waals surface area contributed by atoms with Crippen LogP contribution in [-0.4, -0.2) is 53.0 Å². The lowest BCUT2D eigenvalue weighted by atomic mass is 9.75. The van der Waals surface area contributed by atoms with Gasteiger partial charge in [0.25, 0.3) is 0 Å². The summed E-state index contributed by atoms with van der Waals surface area (Å²) in [5.74, 6) is 0.427. The molecule has 4 fully saturated rings. The van der Waals surface area contributed by atoms with Crippen LogP contribution >= 0.6 is 22.9 Å². The number of anilines is 1. The summed E-state index contributed by atoms with van der Waals surface area (Å²) in [7, 11) is 0. The molecule has 3 aromatic rings. The van der Waals surface area contributed by atoms with E-state index in [9.17, 15) is 9.59 Å². The monoisotopic (exact) mass is 562 g/mol. The number of thiophene rings is 1. The third kappa shape index (κ3) is 3.47. The molecular weight excluding hydrogens is 532 g/mol. The van der Waals surface area contributed by atoms with Gasteiger partial charge in [0, 0.05) is 51.4 Å². The largest absolute Gasteiger partial charge is 0.489 e. The van der Waals surface area contributed by atoms with Crippen LogP contribution < -0.4 is 15.0 Å². The zero-order valence-corrected chi connectivity index (χ0v) is 23.7. The summed E-state index contributed by atoms with van der Waals surface area (Å²) in [6.45, 7) is 6.79. The molecule has 5 aliphatic rings. The van der Waals surface area contributed by atoms with E-state index < -0.39 is 0 Å². The third-order valence-electron chi connectivity index (χ3n) is 9.97. The normalized spacial score (nSPS) is 28.0. The number of aromatic nitrogens is 1. The van der Waals surface area contributed by atoms with Gasteiger partial charge in [-0.15, -0.1) is 11.3 Å². The second kappa shape index (κ2) is 8.18. The first-order chi connectivity index (χ1) is 18.8. The van der Waals surface area contributed by atoms with E-state index in [1.807, 2.05) is 44.3 Å². The van der Waals surface area contributed by atoms with Crippen molar-refractivity contribution in [3.63, 3.8) is 0 Å². The molecule has 3 unspecified atom stereocenters. The fraction of sp³-hybridized carbons (Fsp3) is 0.500. The van der Waals surface area contributed by atoms with E-state index in [4.69, 9.17) is 16.3 Å². The second-order valence-corrected chi connectivity index (χ2v) is 14.1. The molecule has 3 aliphatic heterocycles. The molecule has 202 valence electrons. The number of hydrogen-bond donors (Lipinski definition) is 1. The van der Waals surface area contributed by atoms with Crippen LogP contribution in [0.1, 0.15) is 44.4 Å². The van der Waals surface area contributed by atoms with E-state index in [-0.39, 0.29) is 29.1 Å². The zero-order valence-electron chi connectivity index (χ0n) is 22.1. The molecule has 2 saturated carbocycles. The number of imide groups is 1. The summed E-state index contributed by atoms with van der Waals surface area (Å²) in [5.41, 5.74) is 4.17. The molecule has 9 heteroatoms. The molecule has 7 nitrogen and oxygen atoms in total. The number of pyridine rings is 1. The molecule has 8 rings (SSSR count). The summed E-state index contributed by atoms with van der Waals surface area (Å²) < 4.78 is 7.20. The highest BCUT2D eigenvalue weighted by molar-refractivity contribution is 7.19. The molecule has 0 bridgehead atoms. The minimum atomic E-state index is -0.202. The first-order valence-corrected chi connectivity index (χ1v) is 15.2. The number of ether oxygens (including phenoxy) is 1. The number of hydrogen-bond acceptors (Lipinski definition) is 7. The van der Waals surface area contributed by atoms with Crippen molar-refractivity contribution in [3.05, 3.63) is 40.4 Å². The number of amides is 2. The standard InChI is InChI=1S/C30H31ClN4O3S/c1-29(2)23-24(29)28(37)35(27(23)36)15-18-12-21-26(39-18)19(4-7-32-21)20-10-16(31)11-22-25(20)34(8-9-38-22)17-13-30(33-14-17)5-3-6-30/h4,7,10-12,17,23-24,33H,3,5-6,8-9,13-15H2,1-2H3. The van der Waals surface area contributed by atoms with E-state index in [0.29, 0.717) is 29.8 Å². The van der Waals surface area contributed by atoms with Crippen LogP contribution in [0.3, 0.4) is 0 Å². The number of nitrogens with one attached hydrogen (secondary N) is 1. The van der Waals surface area contributed by atoms with Crippen molar-refractivity contribution in [2.45, 2.75) is 57.7 Å². The maximum absolute atomic E-state index is 13.0. The van der Waals surface area contributed by atoms with E-state index in [0.717, 1.165) is 57.2 Å². The van der Waals surface area contributed by atoms with Gasteiger partial charge in [0.15, 0.2) is 0 Å². The predicted molar refractivity (Wildman–Crippen MR) is 152 cm³/mol. The Morgan fingerprint density at radius 3 is 2.67 bits per heavy atom. The minimum absolute atomic E-state index is 0.0354. The van der Waals surface area contributed by atoms with Crippen molar-refractivity contribution in [2.75, 3.05) is 24.6 Å². The summed E-state index contributed by atoms with van der Waals surface area (Å²) in [6, 6.07) is 8.45. The van der Waals surface area contributed by atoms with Crippen LogP contribution in [0.2, 0.25) is 5.02 Å². The molecule has 1 N–H and O–H groups in total. The molecule has 2 amide bonds. The maximum Gasteiger partial charge on any atom is 0.234 e. The Balaban J connectivity index is 1.17. The Labute approximate surface area is 236 Å². The van der Waals surface area contributed by atoms with Crippen molar-refractivity contribution in [1.82, 2.24) is 15.2 Å². The fourth-order valence-electron chi connectivity index (χ4n) is 7.64. The lowest BCUT2D eigenvalue weighted by Gasteiger charge is -2.41. The van der Waals surface area contributed by atoms with E-state index in [1.54, 1.807) is 11.3 Å². The van der Waals surface area contributed by atoms with Crippen LogP contribution in [0.5, 0.6) is 5.75 Å². The second-order valence-electron chi connectivity index (χ2n) is 12.5. The molecule has 5 heterocycles. The van der Waals surface area contributed by atoms with Gasteiger partial charge in [-0.05, 0) is 49.3 Å². The van der Waals surface area contributed by atoms with Gasteiger partial charge in [-0.3, -0.25) is 19.5 Å². The van der Waals surface area contributed by atoms with Gasteiger partial charge in [-0.25, -0.2) is 0 Å². The van der Waals surface area contributed by atoms with Crippen molar-refractivity contribution >= 4 is 50.7 Å². The maximum atomic E-state index is 13.0. The highest BCUT2D eigenvalue weighted by Gasteiger charge is 2.72. The molecule has 0 radical (unpaired) electrons. The van der Waals surface area contributed by atoms with Gasteiger partial charge in [-0.2, -0.15) is 0 Å². The summed E-state index contributed by atoms with van der Waals surface area (Å²) in [4.78, 5) is 35.5. The number of halogens is 1. The van der Waals surface area contributed by atoms with Crippen LogP contribution in [0.4, 0.5) is 5.69 Å². The number of piperidine rings is 1. The Bertz CT molecular complexity index is 1540. The van der Waals surface area contributed by atoms with Gasteiger partial charge in [-0.1, -0.05) is 25.4 Å². The van der Waals surface area contributed by atoms with E-state index in [2.05, 4.69) is 15.2 Å². The fourth-order valence-corrected chi connectivity index (χ4v) is 8.98. The number of carbonyl (C=O) groups excluding carboxylic acids is 2. The molecule has 2 aliphatic carbocycles. The molecule has 39 heavy (non-hydrogen) atoms. The lowest BCUT2D eigenvalue weighted by molar-refractivity contribution is -0.143. The average molecular weight is 563 g/mol. The first kappa shape index (κ1) is 24.1. The molecule has 3 atom stereocenters. The molecular formula is C30H31ClN4O3S. The topological polar surface area (TPSA) is 74.8 Å². The van der Waals surface area contributed by atoms with Crippen molar-refractivity contribution in [2.24, 2.45) is 17.3 Å². The predicted octanol–water partition coefficient (Wildman–Crippen LogP) is 5.24. The number of rotatable bonds is 4. The lowest BCUT2D eigenvalue weighted by Crippen LogP contribution is -2.46. The van der Waals surface area contributed by atoms with Gasteiger partial charge in [0.1, 0.15) is 12.4 Å². The van der Waals surface area contributed by atoms with Gasteiger partial charge < -0.3 is 15.0 Å². The number of likely N-dealkylation sites (tertiary alicyclic amines) is 1. The van der Waals surface area contributed by atoms with Crippen molar-refractivity contribution in [3.8, 4) is 16.9 Å². The molecule has 1 aromatic carbocycles. The van der Waals surface area contributed by atoms with Crippen LogP contribution in [0.15, 0.2) is 30.5 Å². The average Bonchev–Trinajstić information content (AvgIpc) is 3.30. The number of benzene rings is 1. The SMILES string of the molecule is CC1(C)C2C(=O)N(Cc3cc4nccc(-c5cc(Cl)cc6c5N(C5CNC7(CCC7)C5)CCO6)c4s3)C(=O)C21. The zero-order chi connectivity index (χ0) is 26.7. The third-order valence-corrected chi connectivity index (χ3v) is 11.3. The van der Waals surface area contributed by atoms with Crippen molar-refractivity contribution in [1.29, 1.82) is 0 Å². The summed E-state index contributed by atoms with van der Waals surface area (Å²) in [5, 5.41) is 4.47. The van der Waals surface area contributed by atoms with Crippen LogP contribution in [-0.2, 0) is 16.1 Å². The number of nitrogens with zero attached hydrogens (tertiary/aromatic N) is 3. The first-order valence-electron chi connectivity index (χ1n) is 14.0. The number of fused-ring (bicyclic) bond motifs is 3. The Morgan fingerprint density at radius 1 is 1.15 bits per heavy atom. The Kier molecular flexibility index (Phi) is 5.06. The molecule has 1 spiro atoms. The van der Waals surface area contributed by atoms with Gasteiger partial charge in [0.2, 0.25) is 11.8 Å². The van der Waals surface area contributed by atoms with Gasteiger partial charge in [0.05, 0.1) is 40.8 Å². The van der Waals surface area contributed by atoms with Crippen molar-refractivity contribution < 1.29 is 14.3 Å². The molecule has 2 aromatic heterocycles. The number of carbonyl (C=O) groups is 2.